The molecule has 0 saturated heterocycles. The van der Waals surface area contributed by atoms with Crippen LogP contribution < -0.4 is 15.8 Å². The van der Waals surface area contributed by atoms with Crippen LogP contribution >= 0.6 is 0 Å². The number of nitrogens with one attached hydrogen (secondary N) is 1. The molecule has 19 heavy (non-hydrogen) atoms. The third-order valence-corrected chi connectivity index (χ3v) is 3.25. The number of benzene rings is 1. The Morgan fingerprint density at radius 3 is 2.74 bits per heavy atom. The van der Waals surface area contributed by atoms with E-state index >= 15 is 0 Å². The fraction of sp³-hybridized carbons (Fsp3) is 0.533. The van der Waals surface area contributed by atoms with E-state index in [0.717, 1.165) is 25.7 Å². The van der Waals surface area contributed by atoms with Gasteiger partial charge >= 0.3 is 0 Å². The zero-order valence-electron chi connectivity index (χ0n) is 12.0. The van der Waals surface area contributed by atoms with Crippen LogP contribution in [0.5, 0.6) is 5.75 Å². The van der Waals surface area contributed by atoms with Crippen molar-refractivity contribution in [2.45, 2.75) is 39.5 Å². The highest BCUT2D eigenvalue weighted by molar-refractivity contribution is 5.94. The molecule has 0 bridgehead atoms. The standard InChI is InChI=1S/C15H24N2O2/c1-4-6-7-11(5-2)15(18)17-13-9-8-12(16)10-14(13)19-3/h8-11H,4-7,16H2,1-3H3,(H,17,18). The molecule has 0 radical (unpaired) electrons. The molecule has 1 amide bonds. The molecule has 0 saturated carbocycles. The van der Waals surface area contributed by atoms with Crippen molar-refractivity contribution >= 4 is 17.3 Å². The molecule has 1 unspecified atom stereocenters. The number of hydrogen-bond donors (Lipinski definition) is 2. The van der Waals surface area contributed by atoms with E-state index in [-0.39, 0.29) is 11.8 Å². The van der Waals surface area contributed by atoms with Crippen molar-refractivity contribution in [3.63, 3.8) is 0 Å². The minimum Gasteiger partial charge on any atom is -0.494 e. The molecule has 0 aliphatic heterocycles. The quantitative estimate of drug-likeness (QED) is 0.741. The average molecular weight is 264 g/mol. The molecule has 0 fully saturated rings. The van der Waals surface area contributed by atoms with Crippen molar-refractivity contribution in [2.24, 2.45) is 5.92 Å². The molecule has 1 atom stereocenters. The van der Waals surface area contributed by atoms with Gasteiger partial charge in [0.2, 0.25) is 5.91 Å². The van der Waals surface area contributed by atoms with Crippen LogP contribution in [-0.2, 0) is 4.79 Å². The Kier molecular flexibility index (Phi) is 6.19. The van der Waals surface area contributed by atoms with Crippen molar-refractivity contribution in [2.75, 3.05) is 18.2 Å². The molecule has 0 aromatic heterocycles. The number of methoxy groups -OCH3 is 1. The minimum absolute atomic E-state index is 0.0546. The molecule has 1 aromatic rings. The summed E-state index contributed by atoms with van der Waals surface area (Å²) in [6.45, 7) is 4.17. The van der Waals surface area contributed by atoms with Crippen molar-refractivity contribution in [3.8, 4) is 5.75 Å². The van der Waals surface area contributed by atoms with Crippen LogP contribution in [0, 0.1) is 5.92 Å². The lowest BCUT2D eigenvalue weighted by Crippen LogP contribution is -2.22. The zero-order valence-corrected chi connectivity index (χ0v) is 12.0. The first kappa shape index (κ1) is 15.3. The van der Waals surface area contributed by atoms with Gasteiger partial charge in [0.15, 0.2) is 0 Å². The summed E-state index contributed by atoms with van der Waals surface area (Å²) in [5.41, 5.74) is 6.99. The Labute approximate surface area is 115 Å². The second kappa shape index (κ2) is 7.67. The highest BCUT2D eigenvalue weighted by Crippen LogP contribution is 2.27. The third kappa shape index (κ3) is 4.47. The molecular weight excluding hydrogens is 240 g/mol. The Balaban J connectivity index is 2.74. The maximum Gasteiger partial charge on any atom is 0.227 e. The molecule has 106 valence electrons. The number of hydrogen-bond acceptors (Lipinski definition) is 3. The molecule has 0 heterocycles. The number of amides is 1. The highest BCUT2D eigenvalue weighted by Gasteiger charge is 2.17. The van der Waals surface area contributed by atoms with E-state index < -0.39 is 0 Å². The maximum absolute atomic E-state index is 12.2. The summed E-state index contributed by atoms with van der Waals surface area (Å²) >= 11 is 0. The van der Waals surface area contributed by atoms with Crippen LogP contribution in [0.25, 0.3) is 0 Å². The number of anilines is 2. The van der Waals surface area contributed by atoms with Crippen molar-refractivity contribution in [1.29, 1.82) is 0 Å². The normalized spacial score (nSPS) is 11.9. The van der Waals surface area contributed by atoms with E-state index in [4.69, 9.17) is 10.5 Å². The van der Waals surface area contributed by atoms with Gasteiger partial charge < -0.3 is 15.8 Å². The first-order valence-corrected chi connectivity index (χ1v) is 6.86. The first-order valence-electron chi connectivity index (χ1n) is 6.86. The van der Waals surface area contributed by atoms with Crippen molar-refractivity contribution in [1.82, 2.24) is 0 Å². The molecule has 1 aromatic carbocycles. The summed E-state index contributed by atoms with van der Waals surface area (Å²) in [7, 11) is 1.57. The largest absolute Gasteiger partial charge is 0.494 e. The van der Waals surface area contributed by atoms with Gasteiger partial charge in [-0.2, -0.15) is 0 Å². The fourth-order valence-electron chi connectivity index (χ4n) is 2.02. The van der Waals surface area contributed by atoms with Gasteiger partial charge in [0.25, 0.3) is 0 Å². The Morgan fingerprint density at radius 1 is 1.42 bits per heavy atom. The molecule has 0 spiro atoms. The number of unbranched alkanes of at least 4 members (excludes halogenated alkanes) is 1. The predicted octanol–water partition coefficient (Wildman–Crippen LogP) is 3.43. The van der Waals surface area contributed by atoms with E-state index in [1.807, 2.05) is 6.92 Å². The average Bonchev–Trinajstić information content (AvgIpc) is 2.41. The number of carbonyl (C=O) groups is 1. The lowest BCUT2D eigenvalue weighted by molar-refractivity contribution is -0.120. The number of rotatable bonds is 7. The predicted molar refractivity (Wildman–Crippen MR) is 79.3 cm³/mol. The SMILES string of the molecule is CCCCC(CC)C(=O)Nc1ccc(N)cc1OC. The molecule has 4 nitrogen and oxygen atoms in total. The second-order valence-corrected chi connectivity index (χ2v) is 4.70. The second-order valence-electron chi connectivity index (χ2n) is 4.70. The lowest BCUT2D eigenvalue weighted by Gasteiger charge is -2.16. The van der Waals surface area contributed by atoms with Gasteiger partial charge in [0, 0.05) is 17.7 Å². The van der Waals surface area contributed by atoms with Crippen LogP contribution in [0.15, 0.2) is 18.2 Å². The van der Waals surface area contributed by atoms with E-state index in [2.05, 4.69) is 12.2 Å². The Bertz CT molecular complexity index is 419. The maximum atomic E-state index is 12.2. The fourth-order valence-corrected chi connectivity index (χ4v) is 2.02. The molecule has 3 N–H and O–H groups in total. The number of ether oxygens (including phenoxy) is 1. The smallest absolute Gasteiger partial charge is 0.227 e. The van der Waals surface area contributed by atoms with Crippen LogP contribution in [0.4, 0.5) is 11.4 Å². The summed E-state index contributed by atoms with van der Waals surface area (Å²) in [5, 5.41) is 2.93. The monoisotopic (exact) mass is 264 g/mol. The van der Waals surface area contributed by atoms with Crippen molar-refractivity contribution in [3.05, 3.63) is 18.2 Å². The number of carbonyl (C=O) groups excluding carboxylic acids is 1. The van der Waals surface area contributed by atoms with Gasteiger partial charge in [-0.25, -0.2) is 0 Å². The van der Waals surface area contributed by atoms with Crippen LogP contribution in [-0.4, -0.2) is 13.0 Å². The van der Waals surface area contributed by atoms with Crippen molar-refractivity contribution < 1.29 is 9.53 Å². The highest BCUT2D eigenvalue weighted by atomic mass is 16.5. The first-order chi connectivity index (χ1) is 9.12. The van der Waals surface area contributed by atoms with Gasteiger partial charge in [-0.05, 0) is 25.0 Å². The third-order valence-electron chi connectivity index (χ3n) is 3.25. The van der Waals surface area contributed by atoms with E-state index in [1.165, 1.54) is 0 Å². The van der Waals surface area contributed by atoms with Crippen LogP contribution in [0.2, 0.25) is 0 Å². The van der Waals surface area contributed by atoms with Gasteiger partial charge in [0.1, 0.15) is 5.75 Å². The minimum atomic E-state index is 0.0546. The Hall–Kier alpha value is -1.71. The number of nitrogen functional groups attached to an aromatic ring is 1. The number of nitrogens with two attached hydrogens (primary N) is 1. The summed E-state index contributed by atoms with van der Waals surface area (Å²) in [6.07, 6.45) is 3.96. The topological polar surface area (TPSA) is 64.4 Å². The lowest BCUT2D eigenvalue weighted by atomic mass is 9.98. The van der Waals surface area contributed by atoms with E-state index in [9.17, 15) is 4.79 Å². The summed E-state index contributed by atoms with van der Waals surface area (Å²) < 4.78 is 5.23. The summed E-state index contributed by atoms with van der Waals surface area (Å²) in [6, 6.07) is 5.24. The molecule has 0 aliphatic carbocycles. The zero-order chi connectivity index (χ0) is 14.3. The molecule has 4 heteroatoms. The summed E-state index contributed by atoms with van der Waals surface area (Å²) in [5.74, 6) is 0.708. The molecule has 1 rings (SSSR count). The van der Waals surface area contributed by atoms with Gasteiger partial charge in [-0.1, -0.05) is 26.7 Å². The van der Waals surface area contributed by atoms with Gasteiger partial charge in [-0.15, -0.1) is 0 Å². The van der Waals surface area contributed by atoms with Crippen LogP contribution in [0.1, 0.15) is 39.5 Å². The van der Waals surface area contributed by atoms with E-state index in [1.54, 1.807) is 25.3 Å². The van der Waals surface area contributed by atoms with Gasteiger partial charge in [-0.3, -0.25) is 4.79 Å². The van der Waals surface area contributed by atoms with Crippen LogP contribution in [0.3, 0.4) is 0 Å². The Morgan fingerprint density at radius 2 is 2.16 bits per heavy atom. The van der Waals surface area contributed by atoms with E-state index in [0.29, 0.717) is 17.1 Å². The van der Waals surface area contributed by atoms with Gasteiger partial charge in [0.05, 0.1) is 12.8 Å². The molecule has 0 aliphatic rings. The summed E-state index contributed by atoms with van der Waals surface area (Å²) in [4.78, 5) is 12.2. The molecular formula is C15H24N2O2.